The molecular weight excluding hydrogens is 442 g/mol. The molecule has 0 saturated carbocycles. The van der Waals surface area contributed by atoms with E-state index in [0.29, 0.717) is 0 Å². The average molecular weight is 460 g/mol. The van der Waals surface area contributed by atoms with Crippen molar-refractivity contribution < 1.29 is 40.7 Å². The molecule has 0 unspecified atom stereocenters. The molecule has 11 heteroatoms. The highest BCUT2D eigenvalue weighted by Crippen LogP contribution is 2.29. The molecule has 2 amide bonds. The van der Waals surface area contributed by atoms with Crippen molar-refractivity contribution in [1.29, 1.82) is 0 Å². The zero-order valence-electron chi connectivity index (χ0n) is 16.5. The largest absolute Gasteiger partial charge is 0.484 e. The Labute approximate surface area is 179 Å². The van der Waals surface area contributed by atoms with E-state index in [0.717, 1.165) is 24.3 Å². The molecule has 172 valence electrons. The number of rotatable bonds is 4. The van der Waals surface area contributed by atoms with Gasteiger partial charge in [-0.15, -0.1) is 0 Å². The Hall–Kier alpha value is -3.24. The fourth-order valence-electron chi connectivity index (χ4n) is 3.14. The summed E-state index contributed by atoms with van der Waals surface area (Å²) in [5.74, 6) is -0.808. The van der Waals surface area contributed by atoms with Crippen molar-refractivity contribution in [3.8, 4) is 5.75 Å². The smallest absolute Gasteiger partial charge is 0.422 e. The zero-order valence-corrected chi connectivity index (χ0v) is 16.5. The van der Waals surface area contributed by atoms with Gasteiger partial charge in [0.2, 0.25) is 0 Å². The molecule has 1 aliphatic rings. The highest BCUT2D eigenvalue weighted by atomic mass is 19.4. The Morgan fingerprint density at radius 3 is 1.50 bits per heavy atom. The number of ether oxygens (including phenoxy) is 1. The predicted molar refractivity (Wildman–Crippen MR) is 101 cm³/mol. The van der Waals surface area contributed by atoms with Crippen molar-refractivity contribution >= 4 is 11.8 Å². The van der Waals surface area contributed by atoms with Crippen LogP contribution < -0.4 is 4.74 Å². The molecule has 1 saturated heterocycles. The van der Waals surface area contributed by atoms with Gasteiger partial charge in [-0.3, -0.25) is 9.59 Å². The molecule has 0 bridgehead atoms. The van der Waals surface area contributed by atoms with E-state index in [4.69, 9.17) is 0 Å². The number of hydrogen-bond acceptors (Lipinski definition) is 3. The number of nitrogens with zero attached hydrogens (tertiary/aromatic N) is 2. The normalized spacial score (nSPS) is 14.9. The van der Waals surface area contributed by atoms with Crippen LogP contribution in [0.5, 0.6) is 5.75 Å². The molecule has 3 rings (SSSR count). The Morgan fingerprint density at radius 1 is 0.719 bits per heavy atom. The van der Waals surface area contributed by atoms with Gasteiger partial charge in [-0.1, -0.05) is 0 Å². The third kappa shape index (κ3) is 5.92. The van der Waals surface area contributed by atoms with Gasteiger partial charge in [0.05, 0.1) is 5.56 Å². The van der Waals surface area contributed by atoms with Gasteiger partial charge >= 0.3 is 12.4 Å². The first kappa shape index (κ1) is 23.4. The first-order valence-corrected chi connectivity index (χ1v) is 9.49. The highest BCUT2D eigenvalue weighted by molar-refractivity contribution is 5.96. The summed E-state index contributed by atoms with van der Waals surface area (Å²) in [5, 5.41) is 0. The minimum absolute atomic E-state index is 0.0224. The molecule has 1 aliphatic heterocycles. The second kappa shape index (κ2) is 9.09. The molecule has 5 nitrogen and oxygen atoms in total. The molecule has 2 aromatic rings. The van der Waals surface area contributed by atoms with E-state index in [1.54, 1.807) is 0 Å². The summed E-state index contributed by atoms with van der Waals surface area (Å²) in [4.78, 5) is 28.1. The molecule has 0 aromatic heterocycles. The number of piperazine rings is 1. The van der Waals surface area contributed by atoms with Gasteiger partial charge in [0, 0.05) is 37.3 Å². The van der Waals surface area contributed by atoms with Gasteiger partial charge in [0.25, 0.3) is 11.8 Å². The SMILES string of the molecule is O=C(c1ccc(OCC(F)(F)F)cc1)N1CCN(C(=O)c2ccc(C(F)(F)F)cc2)CC1. The molecule has 2 aromatic carbocycles. The summed E-state index contributed by atoms with van der Waals surface area (Å²) in [7, 11) is 0. The van der Waals surface area contributed by atoms with Crippen LogP contribution in [0.4, 0.5) is 26.3 Å². The number of hydrogen-bond donors (Lipinski definition) is 0. The molecule has 0 aliphatic carbocycles. The lowest BCUT2D eigenvalue weighted by Crippen LogP contribution is -2.50. The van der Waals surface area contributed by atoms with Crippen molar-refractivity contribution in [1.82, 2.24) is 9.80 Å². The van der Waals surface area contributed by atoms with Crippen molar-refractivity contribution in [3.63, 3.8) is 0 Å². The van der Waals surface area contributed by atoms with Gasteiger partial charge in [-0.05, 0) is 48.5 Å². The monoisotopic (exact) mass is 460 g/mol. The Morgan fingerprint density at radius 2 is 1.12 bits per heavy atom. The van der Waals surface area contributed by atoms with Gasteiger partial charge < -0.3 is 14.5 Å². The van der Waals surface area contributed by atoms with E-state index < -0.39 is 30.4 Å². The van der Waals surface area contributed by atoms with Crippen molar-refractivity contribution in [3.05, 3.63) is 65.2 Å². The first-order chi connectivity index (χ1) is 14.9. The molecule has 0 atom stereocenters. The minimum atomic E-state index is -4.49. The second-order valence-electron chi connectivity index (χ2n) is 7.09. The van der Waals surface area contributed by atoms with Crippen molar-refractivity contribution in [2.45, 2.75) is 12.4 Å². The summed E-state index contributed by atoms with van der Waals surface area (Å²) in [6.07, 6.45) is -8.96. The summed E-state index contributed by atoms with van der Waals surface area (Å²) in [6.45, 7) is -0.638. The van der Waals surface area contributed by atoms with Crippen LogP contribution in [0.25, 0.3) is 0 Å². The fourth-order valence-corrected chi connectivity index (χ4v) is 3.14. The minimum Gasteiger partial charge on any atom is -0.484 e. The maximum Gasteiger partial charge on any atom is 0.422 e. The third-order valence-electron chi connectivity index (χ3n) is 4.82. The van der Waals surface area contributed by atoms with Gasteiger partial charge in [-0.2, -0.15) is 26.3 Å². The number of carbonyl (C=O) groups excluding carboxylic acids is 2. The number of alkyl halides is 6. The van der Waals surface area contributed by atoms with E-state index in [1.165, 1.54) is 34.1 Å². The lowest BCUT2D eigenvalue weighted by atomic mass is 10.1. The van der Waals surface area contributed by atoms with Crippen LogP contribution in [-0.4, -0.2) is 60.6 Å². The van der Waals surface area contributed by atoms with E-state index in [1.807, 2.05) is 0 Å². The van der Waals surface area contributed by atoms with Crippen LogP contribution in [0.3, 0.4) is 0 Å². The predicted octanol–water partition coefficient (Wildman–Crippen LogP) is 4.24. The number of amides is 2. The second-order valence-corrected chi connectivity index (χ2v) is 7.09. The lowest BCUT2D eigenvalue weighted by molar-refractivity contribution is -0.153. The van der Waals surface area contributed by atoms with Crippen LogP contribution in [0.2, 0.25) is 0 Å². The number of benzene rings is 2. The lowest BCUT2D eigenvalue weighted by Gasteiger charge is -2.35. The molecule has 1 heterocycles. The van der Waals surface area contributed by atoms with E-state index in [2.05, 4.69) is 4.74 Å². The molecule has 0 N–H and O–H groups in total. The molecule has 0 radical (unpaired) electrons. The van der Waals surface area contributed by atoms with E-state index in [9.17, 15) is 35.9 Å². The highest BCUT2D eigenvalue weighted by Gasteiger charge is 2.31. The van der Waals surface area contributed by atoms with Crippen LogP contribution in [-0.2, 0) is 6.18 Å². The Bertz CT molecular complexity index is 947. The quantitative estimate of drug-likeness (QED) is 0.642. The molecule has 32 heavy (non-hydrogen) atoms. The summed E-state index contributed by atoms with van der Waals surface area (Å²) in [5.41, 5.74) is -0.474. The van der Waals surface area contributed by atoms with Crippen LogP contribution >= 0.6 is 0 Å². The van der Waals surface area contributed by atoms with Gasteiger partial charge in [-0.25, -0.2) is 0 Å². The summed E-state index contributed by atoms with van der Waals surface area (Å²) >= 11 is 0. The van der Waals surface area contributed by atoms with E-state index in [-0.39, 0.29) is 49.0 Å². The zero-order chi connectivity index (χ0) is 23.5. The Kier molecular flexibility index (Phi) is 6.65. The third-order valence-corrected chi connectivity index (χ3v) is 4.82. The maximum absolute atomic E-state index is 12.7. The number of halogens is 6. The maximum atomic E-state index is 12.7. The first-order valence-electron chi connectivity index (χ1n) is 9.49. The molecule has 1 fully saturated rings. The molecular formula is C21H18F6N2O3. The molecule has 0 spiro atoms. The fraction of sp³-hybridized carbons (Fsp3) is 0.333. The standard InChI is InChI=1S/C21H18F6N2O3/c22-20(23,24)13-32-17-7-3-15(4-8-17)19(31)29-11-9-28(10-12-29)18(30)14-1-5-16(6-2-14)21(25,26)27/h1-8H,9-13H2. The van der Waals surface area contributed by atoms with Crippen LogP contribution in [0.15, 0.2) is 48.5 Å². The topological polar surface area (TPSA) is 49.9 Å². The van der Waals surface area contributed by atoms with Crippen molar-refractivity contribution in [2.75, 3.05) is 32.8 Å². The summed E-state index contributed by atoms with van der Waals surface area (Å²) in [6, 6.07) is 9.16. The van der Waals surface area contributed by atoms with Gasteiger partial charge in [0.15, 0.2) is 6.61 Å². The number of carbonyl (C=O) groups is 2. The summed E-state index contributed by atoms with van der Waals surface area (Å²) < 4.78 is 79.2. The van der Waals surface area contributed by atoms with Crippen LogP contribution in [0, 0.1) is 0 Å². The van der Waals surface area contributed by atoms with Gasteiger partial charge in [0.1, 0.15) is 5.75 Å². The Balaban J connectivity index is 1.54. The average Bonchev–Trinajstić information content (AvgIpc) is 2.76. The van der Waals surface area contributed by atoms with E-state index >= 15 is 0 Å². The van der Waals surface area contributed by atoms with Crippen LogP contribution in [0.1, 0.15) is 26.3 Å². The van der Waals surface area contributed by atoms with Crippen molar-refractivity contribution in [2.24, 2.45) is 0 Å².